The van der Waals surface area contributed by atoms with Gasteiger partial charge in [-0.25, -0.2) is 4.58 Å². The Balaban J connectivity index is 1.87. The van der Waals surface area contributed by atoms with Crippen LogP contribution >= 0.6 is 0 Å². The van der Waals surface area contributed by atoms with Crippen LogP contribution in [0.5, 0.6) is 23.0 Å². The third-order valence-electron chi connectivity index (χ3n) is 7.36. The molecule has 0 bridgehead atoms. The summed E-state index contributed by atoms with van der Waals surface area (Å²) in [6, 6.07) is 29.4. The molecule has 0 aliphatic carbocycles. The summed E-state index contributed by atoms with van der Waals surface area (Å²) in [5.74, 6) is 2.73. The van der Waals surface area contributed by atoms with E-state index in [0.29, 0.717) is 23.0 Å². The van der Waals surface area contributed by atoms with Crippen LogP contribution in [-0.2, 0) is 0 Å². The molecule has 0 fully saturated rings. The molecule has 0 saturated heterocycles. The molecule has 40 heavy (non-hydrogen) atoms. The minimum absolute atomic E-state index is 0.660. The molecule has 5 nitrogen and oxygen atoms in total. The number of methoxy groups -OCH3 is 4. The van der Waals surface area contributed by atoms with E-state index in [2.05, 4.69) is 74.3 Å². The quantitative estimate of drug-likeness (QED) is 0.149. The number of hydrogen-bond acceptors (Lipinski definition) is 4. The number of ether oxygens (including phenoxy) is 4. The van der Waals surface area contributed by atoms with Crippen molar-refractivity contribution in [2.75, 3.05) is 35.5 Å². The lowest BCUT2D eigenvalue weighted by atomic mass is 9.86. The number of benzene rings is 5. The monoisotopic (exact) mass is 532 g/mol. The lowest BCUT2D eigenvalue weighted by Crippen LogP contribution is -2.02. The highest BCUT2D eigenvalue weighted by Crippen LogP contribution is 2.49. The zero-order valence-corrected chi connectivity index (χ0v) is 23.9. The SMILES string of the molecule is C=[N+](C)c1c(-c2ccc(OC)c(OC)c2C)c(-c2ccc(-c3ccccc3)cc2)cc2cc(OC)c(OC)cc12. The summed E-state index contributed by atoms with van der Waals surface area (Å²) >= 11 is 0. The van der Waals surface area contributed by atoms with Gasteiger partial charge in [-0.2, -0.15) is 0 Å². The number of fused-ring (bicyclic) bond motifs is 1. The van der Waals surface area contributed by atoms with Crippen LogP contribution in [0.15, 0.2) is 84.9 Å². The fourth-order valence-corrected chi connectivity index (χ4v) is 5.43. The third-order valence-corrected chi connectivity index (χ3v) is 7.36. The highest BCUT2D eigenvalue weighted by atomic mass is 16.5. The minimum atomic E-state index is 0.660. The van der Waals surface area contributed by atoms with Crippen molar-refractivity contribution in [3.05, 3.63) is 90.5 Å². The molecule has 5 aromatic rings. The van der Waals surface area contributed by atoms with Gasteiger partial charge in [0.25, 0.3) is 0 Å². The average Bonchev–Trinajstić information content (AvgIpc) is 2.99. The molecule has 0 aromatic heterocycles. The molecule has 5 heteroatoms. The van der Waals surface area contributed by atoms with Gasteiger partial charge < -0.3 is 18.9 Å². The Kier molecular flexibility index (Phi) is 7.47. The van der Waals surface area contributed by atoms with E-state index < -0.39 is 0 Å². The molecule has 0 N–H and O–H groups in total. The van der Waals surface area contributed by atoms with E-state index in [9.17, 15) is 0 Å². The fourth-order valence-electron chi connectivity index (χ4n) is 5.43. The van der Waals surface area contributed by atoms with E-state index in [4.69, 9.17) is 18.9 Å². The maximum atomic E-state index is 5.80. The maximum absolute atomic E-state index is 5.80. The second kappa shape index (κ2) is 11.1. The van der Waals surface area contributed by atoms with E-state index in [1.807, 2.05) is 35.9 Å². The normalized spacial score (nSPS) is 10.8. The summed E-state index contributed by atoms with van der Waals surface area (Å²) in [7, 11) is 8.60. The second-order valence-corrected chi connectivity index (χ2v) is 9.69. The topological polar surface area (TPSA) is 39.9 Å². The zero-order chi connectivity index (χ0) is 28.4. The predicted molar refractivity (Wildman–Crippen MR) is 164 cm³/mol. The standard InChI is InChI=1S/C35H34NO4/c1-22-27(17-18-30(37-4)35(22)40-7)33-28(25-15-13-24(14-16-25)23-11-9-8-10-12-23)19-26-20-31(38-5)32(39-6)21-29(26)34(33)36(2)3/h8-21H,2H2,1,3-7H3/q+1. The molecule has 0 aliphatic heterocycles. The Bertz CT molecular complexity index is 1710. The number of hydrogen-bond donors (Lipinski definition) is 0. The molecule has 0 aliphatic rings. The van der Waals surface area contributed by atoms with Crippen LogP contribution in [0.1, 0.15) is 5.56 Å². The Morgan fingerprint density at radius 1 is 0.600 bits per heavy atom. The molecule has 0 atom stereocenters. The van der Waals surface area contributed by atoms with Crippen LogP contribution in [0.25, 0.3) is 44.2 Å². The maximum Gasteiger partial charge on any atom is 0.221 e. The van der Waals surface area contributed by atoms with E-state index >= 15 is 0 Å². The van der Waals surface area contributed by atoms with Crippen molar-refractivity contribution in [3.63, 3.8) is 0 Å². The molecular weight excluding hydrogens is 498 g/mol. The third kappa shape index (κ3) is 4.64. The van der Waals surface area contributed by atoms with Crippen molar-refractivity contribution in [1.82, 2.24) is 0 Å². The Morgan fingerprint density at radius 2 is 1.20 bits per heavy atom. The zero-order valence-electron chi connectivity index (χ0n) is 23.9. The van der Waals surface area contributed by atoms with Crippen LogP contribution in [0, 0.1) is 6.92 Å². The van der Waals surface area contributed by atoms with Gasteiger partial charge in [-0.1, -0.05) is 54.6 Å². The predicted octanol–water partition coefficient (Wildman–Crippen LogP) is 8.16. The summed E-state index contributed by atoms with van der Waals surface area (Å²) in [5, 5.41) is 2.02. The molecule has 0 heterocycles. The molecule has 0 saturated carbocycles. The van der Waals surface area contributed by atoms with Crippen LogP contribution < -0.4 is 18.9 Å². The van der Waals surface area contributed by atoms with Gasteiger partial charge in [0.1, 0.15) is 13.8 Å². The number of rotatable bonds is 8. The van der Waals surface area contributed by atoms with Gasteiger partial charge >= 0.3 is 0 Å². The van der Waals surface area contributed by atoms with Crippen LogP contribution in [0.3, 0.4) is 0 Å². The van der Waals surface area contributed by atoms with Crippen LogP contribution in [0.4, 0.5) is 5.69 Å². The van der Waals surface area contributed by atoms with Gasteiger partial charge in [0.05, 0.1) is 39.4 Å². The minimum Gasteiger partial charge on any atom is -0.493 e. The molecule has 5 rings (SSSR count). The van der Waals surface area contributed by atoms with Gasteiger partial charge in [-0.3, -0.25) is 0 Å². The first kappa shape index (κ1) is 26.8. The van der Waals surface area contributed by atoms with Crippen molar-refractivity contribution >= 4 is 23.2 Å². The Hall–Kier alpha value is -4.77. The average molecular weight is 533 g/mol. The molecule has 0 radical (unpaired) electrons. The molecule has 0 spiro atoms. The van der Waals surface area contributed by atoms with E-state index in [1.165, 1.54) is 5.56 Å². The Morgan fingerprint density at radius 3 is 1.80 bits per heavy atom. The van der Waals surface area contributed by atoms with Crippen molar-refractivity contribution in [3.8, 4) is 56.4 Å². The number of nitrogens with zero attached hydrogens (tertiary/aromatic N) is 1. The summed E-state index contributed by atoms with van der Waals surface area (Å²) in [4.78, 5) is 0. The van der Waals surface area contributed by atoms with E-state index in [1.54, 1.807) is 28.4 Å². The van der Waals surface area contributed by atoms with E-state index in [-0.39, 0.29) is 0 Å². The first-order chi connectivity index (χ1) is 19.4. The lowest BCUT2D eigenvalue weighted by Gasteiger charge is -2.20. The molecule has 202 valence electrons. The van der Waals surface area contributed by atoms with E-state index in [0.717, 1.165) is 49.8 Å². The van der Waals surface area contributed by atoms with Crippen molar-refractivity contribution in [2.24, 2.45) is 0 Å². The van der Waals surface area contributed by atoms with Crippen molar-refractivity contribution < 1.29 is 23.5 Å². The van der Waals surface area contributed by atoms with Gasteiger partial charge in [0, 0.05) is 5.56 Å². The highest BCUT2D eigenvalue weighted by molar-refractivity contribution is 6.07. The van der Waals surface area contributed by atoms with Crippen LogP contribution in [-0.4, -0.2) is 46.8 Å². The highest BCUT2D eigenvalue weighted by Gasteiger charge is 2.26. The Labute approximate surface area is 235 Å². The van der Waals surface area contributed by atoms with Gasteiger partial charge in [0.15, 0.2) is 23.0 Å². The molecule has 0 amide bonds. The molecule has 5 aromatic carbocycles. The van der Waals surface area contributed by atoms with Crippen molar-refractivity contribution in [1.29, 1.82) is 0 Å². The van der Waals surface area contributed by atoms with Crippen molar-refractivity contribution in [2.45, 2.75) is 6.92 Å². The first-order valence-electron chi connectivity index (χ1n) is 13.1. The van der Waals surface area contributed by atoms with Crippen LogP contribution in [0.2, 0.25) is 0 Å². The largest absolute Gasteiger partial charge is 0.493 e. The van der Waals surface area contributed by atoms with Gasteiger partial charge in [0.2, 0.25) is 5.69 Å². The lowest BCUT2D eigenvalue weighted by molar-refractivity contribution is -0.392. The fraction of sp³-hybridized carbons (Fsp3) is 0.171. The summed E-state index contributed by atoms with van der Waals surface area (Å²) in [6.07, 6.45) is 0. The van der Waals surface area contributed by atoms with Gasteiger partial charge in [-0.15, -0.1) is 0 Å². The van der Waals surface area contributed by atoms with Gasteiger partial charge in [-0.05, 0) is 70.5 Å². The summed E-state index contributed by atoms with van der Waals surface area (Å²) in [5.41, 5.74) is 8.52. The summed E-state index contributed by atoms with van der Waals surface area (Å²) < 4.78 is 24.7. The summed E-state index contributed by atoms with van der Waals surface area (Å²) in [6.45, 7) is 6.40. The smallest absolute Gasteiger partial charge is 0.221 e. The molecule has 0 unspecified atom stereocenters. The molecular formula is C35H34NO4+. The second-order valence-electron chi connectivity index (χ2n) is 9.69. The first-order valence-corrected chi connectivity index (χ1v) is 13.1.